The summed E-state index contributed by atoms with van der Waals surface area (Å²) in [7, 11) is 0. The third kappa shape index (κ3) is 3.27. The molecule has 0 spiro atoms. The summed E-state index contributed by atoms with van der Waals surface area (Å²) in [5.74, 6) is -0.133. The first-order chi connectivity index (χ1) is 12.4. The van der Waals surface area contributed by atoms with Crippen LogP contribution in [-0.4, -0.2) is 41.9 Å². The molecule has 0 aromatic heterocycles. The first-order valence-electron chi connectivity index (χ1n) is 8.74. The van der Waals surface area contributed by atoms with Gasteiger partial charge in [0.05, 0.1) is 4.92 Å². The molecule has 0 bridgehead atoms. The van der Waals surface area contributed by atoms with Crippen LogP contribution < -0.4 is 4.90 Å². The van der Waals surface area contributed by atoms with Crippen LogP contribution in [0.5, 0.6) is 0 Å². The summed E-state index contributed by atoms with van der Waals surface area (Å²) < 4.78 is 0. The SMILES string of the molecule is Cc1cccc(N2CCN(C(=O)c3cccc([N+](=O)[O-])c3C)CC2)c1C. The van der Waals surface area contributed by atoms with Gasteiger partial charge in [-0.3, -0.25) is 14.9 Å². The zero-order valence-corrected chi connectivity index (χ0v) is 15.4. The van der Waals surface area contributed by atoms with Gasteiger partial charge in [-0.2, -0.15) is 0 Å². The predicted octanol–water partition coefficient (Wildman–Crippen LogP) is 3.48. The number of rotatable bonds is 3. The van der Waals surface area contributed by atoms with Crippen LogP contribution in [0, 0.1) is 30.9 Å². The van der Waals surface area contributed by atoms with Crippen LogP contribution in [0.4, 0.5) is 11.4 Å². The van der Waals surface area contributed by atoms with Crippen LogP contribution in [0.25, 0.3) is 0 Å². The first kappa shape index (κ1) is 17.9. The molecule has 2 aromatic carbocycles. The van der Waals surface area contributed by atoms with E-state index in [1.165, 1.54) is 22.9 Å². The fourth-order valence-corrected chi connectivity index (χ4v) is 3.45. The van der Waals surface area contributed by atoms with Crippen LogP contribution in [-0.2, 0) is 0 Å². The van der Waals surface area contributed by atoms with E-state index in [1.54, 1.807) is 24.0 Å². The monoisotopic (exact) mass is 353 g/mol. The molecule has 1 aliphatic heterocycles. The number of hydrogen-bond donors (Lipinski definition) is 0. The summed E-state index contributed by atoms with van der Waals surface area (Å²) in [5.41, 5.74) is 4.57. The van der Waals surface area contributed by atoms with Gasteiger partial charge in [-0.05, 0) is 44.0 Å². The van der Waals surface area contributed by atoms with Gasteiger partial charge in [-0.25, -0.2) is 0 Å². The number of amides is 1. The Bertz CT molecular complexity index is 855. The molecular formula is C20H23N3O3. The molecule has 1 aliphatic rings. The van der Waals surface area contributed by atoms with Crippen molar-refractivity contribution in [1.29, 1.82) is 0 Å². The van der Waals surface area contributed by atoms with Crippen LogP contribution in [0.2, 0.25) is 0 Å². The van der Waals surface area contributed by atoms with E-state index in [4.69, 9.17) is 0 Å². The van der Waals surface area contributed by atoms with E-state index in [2.05, 4.69) is 36.9 Å². The highest BCUT2D eigenvalue weighted by molar-refractivity contribution is 5.96. The molecular weight excluding hydrogens is 330 g/mol. The van der Waals surface area contributed by atoms with Gasteiger partial charge in [-0.15, -0.1) is 0 Å². The smallest absolute Gasteiger partial charge is 0.273 e. The van der Waals surface area contributed by atoms with Crippen molar-refractivity contribution < 1.29 is 9.72 Å². The van der Waals surface area contributed by atoms with Gasteiger partial charge in [0, 0.05) is 49.1 Å². The molecule has 3 rings (SSSR count). The van der Waals surface area contributed by atoms with Crippen LogP contribution in [0.3, 0.4) is 0 Å². The Balaban J connectivity index is 1.74. The fourth-order valence-electron chi connectivity index (χ4n) is 3.45. The third-order valence-electron chi connectivity index (χ3n) is 5.22. The van der Waals surface area contributed by atoms with E-state index in [9.17, 15) is 14.9 Å². The summed E-state index contributed by atoms with van der Waals surface area (Å²) in [6, 6.07) is 11.0. The number of piperazine rings is 1. The number of hydrogen-bond acceptors (Lipinski definition) is 4. The number of carbonyl (C=O) groups excluding carboxylic acids is 1. The van der Waals surface area contributed by atoms with Crippen molar-refractivity contribution in [2.75, 3.05) is 31.1 Å². The zero-order valence-electron chi connectivity index (χ0n) is 15.4. The summed E-state index contributed by atoms with van der Waals surface area (Å²) >= 11 is 0. The van der Waals surface area contributed by atoms with E-state index in [-0.39, 0.29) is 11.6 Å². The maximum atomic E-state index is 12.8. The first-order valence-corrected chi connectivity index (χ1v) is 8.74. The van der Waals surface area contributed by atoms with E-state index in [1.807, 2.05) is 0 Å². The largest absolute Gasteiger partial charge is 0.368 e. The molecule has 26 heavy (non-hydrogen) atoms. The Labute approximate surface area is 153 Å². The second kappa shape index (κ2) is 7.15. The van der Waals surface area contributed by atoms with Crippen LogP contribution in [0.1, 0.15) is 27.0 Å². The molecule has 1 fully saturated rings. The number of nitrogens with zero attached hydrogens (tertiary/aromatic N) is 3. The number of aryl methyl sites for hydroxylation is 1. The topological polar surface area (TPSA) is 66.7 Å². The Kier molecular flexibility index (Phi) is 4.93. The van der Waals surface area contributed by atoms with Gasteiger partial charge < -0.3 is 9.80 Å². The van der Waals surface area contributed by atoms with Crippen molar-refractivity contribution in [3.63, 3.8) is 0 Å². The molecule has 1 heterocycles. The molecule has 0 aliphatic carbocycles. The minimum atomic E-state index is -0.440. The average molecular weight is 353 g/mol. The normalized spacial score (nSPS) is 14.4. The zero-order chi connectivity index (χ0) is 18.8. The molecule has 1 amide bonds. The molecule has 0 saturated carbocycles. The van der Waals surface area contributed by atoms with E-state index >= 15 is 0 Å². The van der Waals surface area contributed by atoms with Gasteiger partial charge in [-0.1, -0.05) is 18.2 Å². The number of carbonyl (C=O) groups is 1. The van der Waals surface area contributed by atoms with E-state index in [0.717, 1.165) is 13.1 Å². The Morgan fingerprint density at radius 1 is 0.962 bits per heavy atom. The predicted molar refractivity (Wildman–Crippen MR) is 102 cm³/mol. The molecule has 1 saturated heterocycles. The lowest BCUT2D eigenvalue weighted by Gasteiger charge is -2.37. The van der Waals surface area contributed by atoms with E-state index < -0.39 is 4.92 Å². The summed E-state index contributed by atoms with van der Waals surface area (Å²) in [5, 5.41) is 11.1. The van der Waals surface area contributed by atoms with E-state index in [0.29, 0.717) is 24.2 Å². The van der Waals surface area contributed by atoms with Crippen LogP contribution in [0.15, 0.2) is 36.4 Å². The number of nitro groups is 1. The molecule has 6 heteroatoms. The minimum Gasteiger partial charge on any atom is -0.368 e. The lowest BCUT2D eigenvalue weighted by molar-refractivity contribution is -0.385. The Hall–Kier alpha value is -2.89. The van der Waals surface area contributed by atoms with Gasteiger partial charge in [0.25, 0.3) is 11.6 Å². The molecule has 0 radical (unpaired) electrons. The molecule has 136 valence electrons. The van der Waals surface area contributed by atoms with Gasteiger partial charge in [0.1, 0.15) is 0 Å². The van der Waals surface area contributed by atoms with Crippen molar-refractivity contribution in [2.24, 2.45) is 0 Å². The van der Waals surface area contributed by atoms with Crippen molar-refractivity contribution in [2.45, 2.75) is 20.8 Å². The van der Waals surface area contributed by atoms with Crippen molar-refractivity contribution >= 4 is 17.3 Å². The fraction of sp³-hybridized carbons (Fsp3) is 0.350. The highest BCUT2D eigenvalue weighted by atomic mass is 16.6. The molecule has 0 atom stereocenters. The summed E-state index contributed by atoms with van der Waals surface area (Å²) in [6.07, 6.45) is 0. The Morgan fingerprint density at radius 2 is 1.62 bits per heavy atom. The van der Waals surface area contributed by atoms with Crippen molar-refractivity contribution in [3.05, 3.63) is 68.8 Å². The second-order valence-corrected chi connectivity index (χ2v) is 6.71. The van der Waals surface area contributed by atoms with Crippen LogP contribution >= 0.6 is 0 Å². The maximum Gasteiger partial charge on any atom is 0.273 e. The average Bonchev–Trinajstić information content (AvgIpc) is 2.63. The summed E-state index contributed by atoms with van der Waals surface area (Å²) in [6.45, 7) is 8.58. The van der Waals surface area contributed by atoms with Crippen molar-refractivity contribution in [1.82, 2.24) is 4.90 Å². The molecule has 0 N–H and O–H groups in total. The molecule has 0 unspecified atom stereocenters. The lowest BCUT2D eigenvalue weighted by Crippen LogP contribution is -2.49. The number of benzene rings is 2. The van der Waals surface area contributed by atoms with Gasteiger partial charge in [0.15, 0.2) is 0 Å². The summed E-state index contributed by atoms with van der Waals surface area (Å²) in [4.78, 5) is 27.6. The number of anilines is 1. The maximum absolute atomic E-state index is 12.8. The molecule has 6 nitrogen and oxygen atoms in total. The number of nitro benzene ring substituents is 1. The highest BCUT2D eigenvalue weighted by Gasteiger charge is 2.26. The second-order valence-electron chi connectivity index (χ2n) is 6.71. The molecule has 2 aromatic rings. The standard InChI is InChI=1S/C20H23N3O3/c1-14-6-4-8-18(15(14)2)21-10-12-22(13-11-21)20(24)17-7-5-9-19(16(17)3)23(25)26/h4-9H,10-13H2,1-3H3. The lowest BCUT2D eigenvalue weighted by atomic mass is 10.0. The van der Waals surface area contributed by atoms with Crippen molar-refractivity contribution in [3.8, 4) is 0 Å². The third-order valence-corrected chi connectivity index (χ3v) is 5.22. The quantitative estimate of drug-likeness (QED) is 0.626. The Morgan fingerprint density at radius 3 is 2.27 bits per heavy atom. The van der Waals surface area contributed by atoms with Gasteiger partial charge in [0.2, 0.25) is 0 Å². The highest BCUT2D eigenvalue weighted by Crippen LogP contribution is 2.26. The minimum absolute atomic E-state index is 0.00938. The van der Waals surface area contributed by atoms with Gasteiger partial charge >= 0.3 is 0 Å².